The minimum Gasteiger partial charge on any atom is -0.312 e. The zero-order chi connectivity index (χ0) is 16.8. The summed E-state index contributed by atoms with van der Waals surface area (Å²) in [6.45, 7) is 0. The van der Waals surface area contributed by atoms with E-state index >= 15 is 0 Å². The van der Waals surface area contributed by atoms with Gasteiger partial charge in [-0.25, -0.2) is 4.79 Å². The minimum atomic E-state index is -0.608. The van der Waals surface area contributed by atoms with Gasteiger partial charge in [0.2, 0.25) is 0 Å². The van der Waals surface area contributed by atoms with Gasteiger partial charge in [0, 0.05) is 23.5 Å². The number of oxime groups is 1. The quantitative estimate of drug-likeness (QED) is 0.404. The lowest BCUT2D eigenvalue weighted by Crippen LogP contribution is -2.08. The molecule has 118 valence electrons. The third-order valence-electron chi connectivity index (χ3n) is 3.31. The lowest BCUT2D eigenvalue weighted by molar-refractivity contribution is 0.0517. The number of nitrogens with zero attached hydrogens (tertiary/aromatic N) is 2. The highest BCUT2D eigenvalue weighted by Crippen LogP contribution is 2.17. The Kier molecular flexibility index (Phi) is 4.99. The maximum absolute atomic E-state index is 12.2. The molecule has 0 fully saturated rings. The van der Waals surface area contributed by atoms with Crippen molar-refractivity contribution in [1.82, 2.24) is 4.98 Å². The van der Waals surface area contributed by atoms with Crippen molar-refractivity contribution in [1.29, 1.82) is 0 Å². The fourth-order valence-corrected chi connectivity index (χ4v) is 2.35. The van der Waals surface area contributed by atoms with Gasteiger partial charge in [-0.3, -0.25) is 4.98 Å². The van der Waals surface area contributed by atoms with Crippen molar-refractivity contribution in [3.8, 4) is 0 Å². The van der Waals surface area contributed by atoms with Crippen LogP contribution in [0.15, 0.2) is 84.3 Å². The number of rotatable bonds is 4. The van der Waals surface area contributed by atoms with Crippen LogP contribution in [0, 0.1) is 0 Å². The van der Waals surface area contributed by atoms with Gasteiger partial charge in [0.15, 0.2) is 0 Å². The molecule has 0 saturated carbocycles. The molecule has 0 N–H and O–H groups in total. The molecule has 0 amide bonds. The molecule has 0 aliphatic heterocycles. The summed E-state index contributed by atoms with van der Waals surface area (Å²) in [4.78, 5) is 21.3. The molecular weight excluding hydrogens is 324 g/mol. The molecule has 1 aromatic heterocycles. The molecule has 24 heavy (non-hydrogen) atoms. The van der Waals surface area contributed by atoms with Gasteiger partial charge in [0.1, 0.15) is 5.71 Å². The smallest absolute Gasteiger partial charge is 0.312 e. The van der Waals surface area contributed by atoms with Gasteiger partial charge in [-0.1, -0.05) is 59.2 Å². The molecule has 0 bridgehead atoms. The molecule has 1 heterocycles. The summed E-state index contributed by atoms with van der Waals surface area (Å²) in [6.07, 6.45) is 3.31. The monoisotopic (exact) mass is 336 g/mol. The van der Waals surface area contributed by atoms with E-state index in [0.717, 1.165) is 11.1 Å². The molecule has 0 atom stereocenters. The summed E-state index contributed by atoms with van der Waals surface area (Å²) in [5.41, 5.74) is 2.43. The Morgan fingerprint density at radius 1 is 0.875 bits per heavy atom. The van der Waals surface area contributed by atoms with E-state index in [1.807, 2.05) is 30.3 Å². The zero-order valence-electron chi connectivity index (χ0n) is 12.6. The maximum atomic E-state index is 12.2. The Bertz CT molecular complexity index is 823. The van der Waals surface area contributed by atoms with Gasteiger partial charge in [-0.15, -0.1) is 0 Å². The van der Waals surface area contributed by atoms with Crippen LogP contribution in [0.5, 0.6) is 0 Å². The fourth-order valence-electron chi connectivity index (χ4n) is 2.14. The summed E-state index contributed by atoms with van der Waals surface area (Å²) in [6, 6.07) is 19.8. The second-order valence-electron chi connectivity index (χ2n) is 4.90. The molecule has 0 radical (unpaired) electrons. The minimum absolute atomic E-state index is 0.269. The average molecular weight is 337 g/mol. The van der Waals surface area contributed by atoms with Crippen LogP contribution in [0.2, 0.25) is 5.02 Å². The number of aromatic nitrogens is 1. The second-order valence-corrected chi connectivity index (χ2v) is 5.31. The largest absolute Gasteiger partial charge is 0.367 e. The molecule has 0 aliphatic carbocycles. The number of hydrogen-bond acceptors (Lipinski definition) is 4. The van der Waals surface area contributed by atoms with Crippen LogP contribution >= 0.6 is 11.6 Å². The molecule has 0 spiro atoms. The number of carbonyl (C=O) groups is 1. The van der Waals surface area contributed by atoms with Crippen molar-refractivity contribution in [2.24, 2.45) is 5.16 Å². The lowest BCUT2D eigenvalue weighted by atomic mass is 10.0. The van der Waals surface area contributed by atoms with Crippen LogP contribution in [0.3, 0.4) is 0 Å². The molecule has 0 unspecified atom stereocenters. The van der Waals surface area contributed by atoms with E-state index in [-0.39, 0.29) is 5.56 Å². The topological polar surface area (TPSA) is 51.5 Å². The van der Waals surface area contributed by atoms with Crippen molar-refractivity contribution in [2.75, 3.05) is 0 Å². The zero-order valence-corrected chi connectivity index (χ0v) is 13.4. The van der Waals surface area contributed by atoms with Crippen LogP contribution in [-0.2, 0) is 4.84 Å². The third kappa shape index (κ3) is 3.67. The van der Waals surface area contributed by atoms with Crippen molar-refractivity contribution >= 4 is 23.3 Å². The van der Waals surface area contributed by atoms with Gasteiger partial charge < -0.3 is 4.84 Å². The number of hydrogen-bond donors (Lipinski definition) is 0. The van der Waals surface area contributed by atoms with Crippen LogP contribution in [-0.4, -0.2) is 16.7 Å². The maximum Gasteiger partial charge on any atom is 0.367 e. The summed E-state index contributed by atoms with van der Waals surface area (Å²) in [5, 5.41) is 4.38. The number of carbonyl (C=O) groups excluding carboxylic acids is 1. The Morgan fingerprint density at radius 3 is 2.21 bits per heavy atom. The van der Waals surface area contributed by atoms with E-state index < -0.39 is 5.97 Å². The third-order valence-corrected chi connectivity index (χ3v) is 3.64. The molecule has 3 aromatic rings. The fraction of sp³-hybridized carbons (Fsp3) is 0. The van der Waals surface area contributed by atoms with Crippen LogP contribution in [0.1, 0.15) is 21.5 Å². The first-order valence-corrected chi connectivity index (χ1v) is 7.63. The van der Waals surface area contributed by atoms with Crippen LogP contribution in [0.4, 0.5) is 0 Å². The molecule has 5 heteroatoms. The first kappa shape index (κ1) is 15.9. The Labute approximate surface area is 144 Å². The predicted molar refractivity (Wildman–Crippen MR) is 93.2 cm³/mol. The first-order chi connectivity index (χ1) is 11.8. The highest BCUT2D eigenvalue weighted by molar-refractivity contribution is 6.33. The summed E-state index contributed by atoms with van der Waals surface area (Å²) < 4.78 is 0. The normalized spacial score (nSPS) is 11.1. The SMILES string of the molecule is O=C(ON=C(c1ccccc1)c1ccncc1)c1ccccc1Cl. The average Bonchev–Trinajstić information content (AvgIpc) is 2.64. The van der Waals surface area contributed by atoms with Gasteiger partial charge in [-0.05, 0) is 24.3 Å². The molecular formula is C19H13ClN2O2. The van der Waals surface area contributed by atoms with E-state index in [1.54, 1.807) is 48.8 Å². The Hall–Kier alpha value is -2.98. The van der Waals surface area contributed by atoms with Gasteiger partial charge >= 0.3 is 5.97 Å². The Balaban J connectivity index is 1.93. The molecule has 2 aromatic carbocycles. The van der Waals surface area contributed by atoms with Crippen molar-refractivity contribution < 1.29 is 9.63 Å². The summed E-state index contributed by atoms with van der Waals surface area (Å²) >= 11 is 6.01. The van der Waals surface area contributed by atoms with E-state index in [2.05, 4.69) is 10.1 Å². The van der Waals surface area contributed by atoms with Crippen LogP contribution in [0.25, 0.3) is 0 Å². The number of halogens is 1. The molecule has 3 rings (SSSR count). The first-order valence-electron chi connectivity index (χ1n) is 7.25. The van der Waals surface area contributed by atoms with Gasteiger partial charge in [-0.2, -0.15) is 0 Å². The van der Waals surface area contributed by atoms with E-state index in [4.69, 9.17) is 16.4 Å². The number of benzene rings is 2. The molecule has 4 nitrogen and oxygen atoms in total. The molecule has 0 aliphatic rings. The number of pyridine rings is 1. The van der Waals surface area contributed by atoms with E-state index in [9.17, 15) is 4.79 Å². The molecule has 0 saturated heterocycles. The van der Waals surface area contributed by atoms with E-state index in [1.165, 1.54) is 0 Å². The highest BCUT2D eigenvalue weighted by atomic mass is 35.5. The second kappa shape index (κ2) is 7.53. The Morgan fingerprint density at radius 2 is 1.50 bits per heavy atom. The summed E-state index contributed by atoms with van der Waals surface area (Å²) in [7, 11) is 0. The van der Waals surface area contributed by atoms with E-state index in [0.29, 0.717) is 10.7 Å². The summed E-state index contributed by atoms with van der Waals surface area (Å²) in [5.74, 6) is -0.608. The predicted octanol–water partition coefficient (Wildman–Crippen LogP) is 4.34. The van der Waals surface area contributed by atoms with Gasteiger partial charge in [0.25, 0.3) is 0 Å². The highest BCUT2D eigenvalue weighted by Gasteiger charge is 2.13. The van der Waals surface area contributed by atoms with Crippen molar-refractivity contribution in [2.45, 2.75) is 0 Å². The van der Waals surface area contributed by atoms with Crippen LogP contribution < -0.4 is 0 Å². The van der Waals surface area contributed by atoms with Crippen molar-refractivity contribution in [3.05, 3.63) is 101 Å². The van der Waals surface area contributed by atoms with Crippen molar-refractivity contribution in [3.63, 3.8) is 0 Å². The van der Waals surface area contributed by atoms with Gasteiger partial charge in [0.05, 0.1) is 10.6 Å². The lowest BCUT2D eigenvalue weighted by Gasteiger charge is -2.07. The standard InChI is InChI=1S/C19H13ClN2O2/c20-17-9-5-4-8-16(17)19(23)24-22-18(14-6-2-1-3-7-14)15-10-12-21-13-11-15/h1-13H.